The van der Waals surface area contributed by atoms with E-state index in [1.165, 1.54) is 19.3 Å². The van der Waals surface area contributed by atoms with Crippen molar-refractivity contribution in [3.05, 3.63) is 0 Å². The van der Waals surface area contributed by atoms with Crippen LogP contribution in [0.5, 0.6) is 0 Å². The first-order valence-electron chi connectivity index (χ1n) is 9.13. The fourth-order valence-electron chi connectivity index (χ4n) is 3.96. The van der Waals surface area contributed by atoms with Crippen molar-refractivity contribution in [1.29, 1.82) is 0 Å². The van der Waals surface area contributed by atoms with Gasteiger partial charge in [-0.05, 0) is 44.8 Å². The normalized spacial score (nSPS) is 31.6. The highest BCUT2D eigenvalue weighted by Gasteiger charge is 2.42. The van der Waals surface area contributed by atoms with E-state index in [-0.39, 0.29) is 18.2 Å². The lowest BCUT2D eigenvalue weighted by Crippen LogP contribution is -2.53. The number of aliphatic hydroxyl groups excluding tert-OH is 1. The molecule has 2 aliphatic carbocycles. The van der Waals surface area contributed by atoms with Crippen molar-refractivity contribution in [1.82, 2.24) is 15.5 Å². The van der Waals surface area contributed by atoms with Crippen molar-refractivity contribution < 1.29 is 9.90 Å². The molecule has 5 nitrogen and oxygen atoms in total. The van der Waals surface area contributed by atoms with Gasteiger partial charge in [-0.25, -0.2) is 4.79 Å². The van der Waals surface area contributed by atoms with Gasteiger partial charge in [-0.3, -0.25) is 4.90 Å². The molecule has 132 valence electrons. The lowest BCUT2D eigenvalue weighted by molar-refractivity contribution is 0.00777. The second kappa shape index (κ2) is 7.62. The summed E-state index contributed by atoms with van der Waals surface area (Å²) in [5.74, 6) is 0. The number of likely N-dealkylation sites (tertiary alicyclic amines) is 1. The average molecular weight is 342 g/mol. The highest BCUT2D eigenvalue weighted by atomic mass is 32.2. The molecule has 2 amide bonds. The number of thioether (sulfide) groups is 1. The number of carbonyl (C=O) groups is 1. The molecule has 0 spiro atoms. The molecule has 3 rings (SSSR count). The molecule has 0 aromatic rings. The minimum absolute atomic E-state index is 0.0125. The first-order chi connectivity index (χ1) is 11.1. The number of nitrogens with zero attached hydrogens (tertiary/aromatic N) is 1. The monoisotopic (exact) mass is 341 g/mol. The first kappa shape index (κ1) is 17.4. The third-order valence-corrected chi connectivity index (χ3v) is 7.26. The Morgan fingerprint density at radius 1 is 1.22 bits per heavy atom. The Labute approximate surface area is 143 Å². The summed E-state index contributed by atoms with van der Waals surface area (Å²) >= 11 is 1.87. The number of nitrogens with one attached hydrogen (secondary N) is 2. The van der Waals surface area contributed by atoms with Crippen molar-refractivity contribution in [3.63, 3.8) is 0 Å². The molecule has 3 aliphatic rings. The van der Waals surface area contributed by atoms with Gasteiger partial charge in [0.1, 0.15) is 0 Å². The van der Waals surface area contributed by atoms with Crippen molar-refractivity contribution in [3.8, 4) is 0 Å². The fourth-order valence-corrected chi connectivity index (χ4v) is 4.69. The predicted molar refractivity (Wildman–Crippen MR) is 94.9 cm³/mol. The first-order valence-corrected chi connectivity index (χ1v) is 10.4. The molecule has 1 aliphatic heterocycles. The van der Waals surface area contributed by atoms with Crippen LogP contribution in [-0.4, -0.2) is 64.9 Å². The van der Waals surface area contributed by atoms with E-state index in [0.29, 0.717) is 10.8 Å². The van der Waals surface area contributed by atoms with Crippen LogP contribution in [0.3, 0.4) is 0 Å². The summed E-state index contributed by atoms with van der Waals surface area (Å²) in [6.07, 6.45) is 10.9. The summed E-state index contributed by atoms with van der Waals surface area (Å²) in [6, 6.07) is 0.604. The number of carbonyl (C=O) groups excluding carboxylic acids is 1. The molecule has 0 bridgehead atoms. The van der Waals surface area contributed by atoms with E-state index in [1.54, 1.807) is 0 Å². The molecule has 2 atom stereocenters. The second-order valence-electron chi connectivity index (χ2n) is 7.44. The third-order valence-electron chi connectivity index (χ3n) is 5.84. The number of amides is 2. The Morgan fingerprint density at radius 2 is 1.91 bits per heavy atom. The fraction of sp³-hybridized carbons (Fsp3) is 0.941. The van der Waals surface area contributed by atoms with Gasteiger partial charge in [0, 0.05) is 36.5 Å². The number of urea groups is 1. The minimum Gasteiger partial charge on any atom is -0.391 e. The molecule has 23 heavy (non-hydrogen) atoms. The smallest absolute Gasteiger partial charge is 0.315 e. The minimum atomic E-state index is -0.155. The summed E-state index contributed by atoms with van der Waals surface area (Å²) in [7, 11) is 0. The van der Waals surface area contributed by atoms with Gasteiger partial charge < -0.3 is 15.7 Å². The summed E-state index contributed by atoms with van der Waals surface area (Å²) in [5, 5.41) is 16.4. The summed E-state index contributed by atoms with van der Waals surface area (Å²) in [6.45, 7) is 2.76. The highest BCUT2D eigenvalue weighted by Crippen LogP contribution is 2.46. The van der Waals surface area contributed by atoms with Gasteiger partial charge in [0.25, 0.3) is 0 Å². The topological polar surface area (TPSA) is 64.6 Å². The van der Waals surface area contributed by atoms with Gasteiger partial charge in [-0.15, -0.1) is 0 Å². The van der Waals surface area contributed by atoms with Crippen LogP contribution in [0.2, 0.25) is 0 Å². The maximum absolute atomic E-state index is 12.1. The predicted octanol–water partition coefficient (Wildman–Crippen LogP) is 1.95. The Kier molecular flexibility index (Phi) is 5.75. The summed E-state index contributed by atoms with van der Waals surface area (Å²) in [4.78, 5) is 14.5. The molecule has 1 saturated heterocycles. The molecule has 0 aromatic heterocycles. The van der Waals surface area contributed by atoms with Crippen LogP contribution in [0.4, 0.5) is 4.79 Å². The average Bonchev–Trinajstić information content (AvgIpc) is 3.35. The van der Waals surface area contributed by atoms with Gasteiger partial charge in [0.2, 0.25) is 0 Å². The number of rotatable bonds is 5. The standard InChI is InChI=1S/C17H31N3O2S/c1-23-17(8-9-17)12-18-16(22)19-13-6-10-20(11-7-13)14-4-2-3-5-15(14)21/h13-15,21H,2-12H2,1H3,(H2,18,19,22)/t14-,15+/m1/s1. The second-order valence-corrected chi connectivity index (χ2v) is 8.72. The molecular weight excluding hydrogens is 310 g/mol. The van der Waals surface area contributed by atoms with E-state index in [4.69, 9.17) is 0 Å². The van der Waals surface area contributed by atoms with Crippen molar-refractivity contribution in [2.45, 2.75) is 74.3 Å². The molecule has 1 heterocycles. The van der Waals surface area contributed by atoms with Crippen LogP contribution in [0, 0.1) is 0 Å². The Morgan fingerprint density at radius 3 is 2.52 bits per heavy atom. The van der Waals surface area contributed by atoms with Crippen molar-refractivity contribution in [2.75, 3.05) is 25.9 Å². The van der Waals surface area contributed by atoms with E-state index in [2.05, 4.69) is 21.8 Å². The molecule has 0 unspecified atom stereocenters. The zero-order chi connectivity index (χ0) is 16.3. The van der Waals surface area contributed by atoms with E-state index in [1.807, 2.05) is 11.8 Å². The van der Waals surface area contributed by atoms with Crippen LogP contribution in [-0.2, 0) is 0 Å². The number of hydrogen-bond acceptors (Lipinski definition) is 4. The quantitative estimate of drug-likeness (QED) is 0.715. The molecule has 6 heteroatoms. The number of aliphatic hydroxyl groups is 1. The van der Waals surface area contributed by atoms with Crippen molar-refractivity contribution in [2.24, 2.45) is 0 Å². The zero-order valence-electron chi connectivity index (χ0n) is 14.2. The van der Waals surface area contributed by atoms with Gasteiger partial charge in [0.15, 0.2) is 0 Å². The number of piperidine rings is 1. The van der Waals surface area contributed by atoms with Crippen LogP contribution < -0.4 is 10.6 Å². The molecule has 2 saturated carbocycles. The van der Waals surface area contributed by atoms with Crippen molar-refractivity contribution >= 4 is 17.8 Å². The van der Waals surface area contributed by atoms with E-state index >= 15 is 0 Å². The highest BCUT2D eigenvalue weighted by molar-refractivity contribution is 8.00. The summed E-state index contributed by atoms with van der Waals surface area (Å²) in [5.41, 5.74) is 0. The molecular formula is C17H31N3O2S. The van der Waals surface area contributed by atoms with Gasteiger partial charge in [0.05, 0.1) is 6.10 Å². The molecule has 3 fully saturated rings. The Bertz CT molecular complexity index is 409. The van der Waals surface area contributed by atoms with Crippen LogP contribution in [0.25, 0.3) is 0 Å². The Balaban J connectivity index is 1.36. The lowest BCUT2D eigenvalue weighted by Gasteiger charge is -2.41. The maximum atomic E-state index is 12.1. The van der Waals surface area contributed by atoms with Crippen LogP contribution >= 0.6 is 11.8 Å². The SMILES string of the molecule is CSC1(CNC(=O)NC2CCN([C@@H]3CCCC[C@@H]3O)CC2)CC1. The third kappa shape index (κ3) is 4.54. The van der Waals surface area contributed by atoms with E-state index < -0.39 is 0 Å². The molecule has 0 radical (unpaired) electrons. The van der Waals surface area contributed by atoms with Crippen LogP contribution in [0.15, 0.2) is 0 Å². The molecule has 0 aromatic carbocycles. The van der Waals surface area contributed by atoms with Gasteiger partial charge in [-0.2, -0.15) is 11.8 Å². The summed E-state index contributed by atoms with van der Waals surface area (Å²) < 4.78 is 0.317. The van der Waals surface area contributed by atoms with E-state index in [0.717, 1.165) is 51.7 Å². The Hall–Kier alpha value is -0.460. The van der Waals surface area contributed by atoms with E-state index in [9.17, 15) is 9.90 Å². The van der Waals surface area contributed by atoms with Gasteiger partial charge in [-0.1, -0.05) is 12.8 Å². The van der Waals surface area contributed by atoms with Crippen LogP contribution in [0.1, 0.15) is 51.4 Å². The number of hydrogen-bond donors (Lipinski definition) is 3. The zero-order valence-corrected chi connectivity index (χ0v) is 15.0. The van der Waals surface area contributed by atoms with Gasteiger partial charge >= 0.3 is 6.03 Å². The largest absolute Gasteiger partial charge is 0.391 e. The lowest BCUT2D eigenvalue weighted by atomic mass is 9.89. The maximum Gasteiger partial charge on any atom is 0.315 e. The molecule has 3 N–H and O–H groups in total.